The fourth-order valence-corrected chi connectivity index (χ4v) is 2.35. The van der Waals surface area contributed by atoms with E-state index in [9.17, 15) is 10.1 Å². The average Bonchev–Trinajstić information content (AvgIpc) is 2.68. The van der Waals surface area contributed by atoms with Crippen LogP contribution in [0.1, 0.15) is 19.4 Å². The monoisotopic (exact) mass is 366 g/mol. The van der Waals surface area contributed by atoms with Crippen molar-refractivity contribution in [3.63, 3.8) is 0 Å². The number of nitriles is 1. The van der Waals surface area contributed by atoms with E-state index >= 15 is 0 Å². The summed E-state index contributed by atoms with van der Waals surface area (Å²) in [7, 11) is 1.57. The molecule has 6 heteroatoms. The Bertz CT molecular complexity index is 851. The lowest BCUT2D eigenvalue weighted by Gasteiger charge is -2.11. The first kappa shape index (κ1) is 19.9. The van der Waals surface area contributed by atoms with Gasteiger partial charge in [-0.3, -0.25) is 4.79 Å². The maximum atomic E-state index is 12.4. The maximum absolute atomic E-state index is 12.4. The van der Waals surface area contributed by atoms with Crippen molar-refractivity contribution < 1.29 is 19.0 Å². The van der Waals surface area contributed by atoms with Crippen LogP contribution in [0, 0.1) is 11.3 Å². The minimum atomic E-state index is -0.501. The number of ether oxygens (including phenoxy) is 3. The first-order valence-electron chi connectivity index (χ1n) is 8.58. The Morgan fingerprint density at radius 1 is 1.07 bits per heavy atom. The molecule has 1 N–H and O–H groups in total. The highest BCUT2D eigenvalue weighted by molar-refractivity contribution is 6.09. The third kappa shape index (κ3) is 5.51. The molecule has 0 aliphatic rings. The summed E-state index contributed by atoms with van der Waals surface area (Å²) >= 11 is 0. The number of nitrogens with one attached hydrogen (secondary N) is 1. The van der Waals surface area contributed by atoms with Gasteiger partial charge in [-0.25, -0.2) is 0 Å². The first-order chi connectivity index (χ1) is 13.1. The van der Waals surface area contributed by atoms with Gasteiger partial charge in [0, 0.05) is 17.3 Å². The highest BCUT2D eigenvalue weighted by Gasteiger charge is 2.12. The summed E-state index contributed by atoms with van der Waals surface area (Å²) in [6.07, 6.45) is 1.50. The second kappa shape index (κ2) is 9.88. The molecule has 0 spiro atoms. The van der Waals surface area contributed by atoms with E-state index in [1.54, 1.807) is 49.6 Å². The summed E-state index contributed by atoms with van der Waals surface area (Å²) in [5.41, 5.74) is 1.16. The lowest BCUT2D eigenvalue weighted by Crippen LogP contribution is -2.13. The van der Waals surface area contributed by atoms with Crippen LogP contribution in [0.25, 0.3) is 6.08 Å². The first-order valence-corrected chi connectivity index (χ1v) is 8.58. The van der Waals surface area contributed by atoms with Crippen LogP contribution in [0.4, 0.5) is 5.69 Å². The number of anilines is 1. The van der Waals surface area contributed by atoms with Gasteiger partial charge in [0.05, 0.1) is 20.3 Å². The summed E-state index contributed by atoms with van der Waals surface area (Å²) in [5.74, 6) is 1.39. The van der Waals surface area contributed by atoms with Crippen LogP contribution in [0.2, 0.25) is 0 Å². The van der Waals surface area contributed by atoms with Crippen molar-refractivity contribution in [2.75, 3.05) is 25.6 Å². The molecule has 0 aliphatic heterocycles. The minimum Gasteiger partial charge on any atom is -0.497 e. The molecular formula is C21H22N2O4. The van der Waals surface area contributed by atoms with Gasteiger partial charge in [-0.2, -0.15) is 5.26 Å². The van der Waals surface area contributed by atoms with E-state index in [2.05, 4.69) is 5.32 Å². The van der Waals surface area contributed by atoms with E-state index in [1.165, 1.54) is 6.08 Å². The third-order valence-corrected chi connectivity index (χ3v) is 3.61. The normalized spacial score (nSPS) is 10.7. The zero-order valence-electron chi connectivity index (χ0n) is 15.6. The lowest BCUT2D eigenvalue weighted by atomic mass is 10.1. The summed E-state index contributed by atoms with van der Waals surface area (Å²) in [6, 6.07) is 14.1. The topological polar surface area (TPSA) is 80.6 Å². The van der Waals surface area contributed by atoms with Crippen molar-refractivity contribution in [3.8, 4) is 23.3 Å². The smallest absolute Gasteiger partial charge is 0.266 e. The highest BCUT2D eigenvalue weighted by Crippen LogP contribution is 2.27. The van der Waals surface area contributed by atoms with Crippen molar-refractivity contribution in [1.82, 2.24) is 0 Å². The molecule has 0 saturated carbocycles. The molecule has 0 heterocycles. The molecule has 0 aliphatic carbocycles. The van der Waals surface area contributed by atoms with Gasteiger partial charge in [0.15, 0.2) is 0 Å². The quantitative estimate of drug-likeness (QED) is 0.563. The molecule has 2 aromatic carbocycles. The molecule has 0 saturated heterocycles. The van der Waals surface area contributed by atoms with Gasteiger partial charge >= 0.3 is 0 Å². The summed E-state index contributed by atoms with van der Waals surface area (Å²) in [4.78, 5) is 12.4. The molecule has 2 aromatic rings. The van der Waals surface area contributed by atoms with E-state index in [1.807, 2.05) is 19.9 Å². The van der Waals surface area contributed by atoms with Gasteiger partial charge in [0.2, 0.25) is 0 Å². The van der Waals surface area contributed by atoms with Gasteiger partial charge in [0.25, 0.3) is 5.91 Å². The van der Waals surface area contributed by atoms with Crippen molar-refractivity contribution in [1.29, 1.82) is 5.26 Å². The predicted molar refractivity (Wildman–Crippen MR) is 104 cm³/mol. The average molecular weight is 366 g/mol. The van der Waals surface area contributed by atoms with Crippen molar-refractivity contribution in [2.45, 2.75) is 13.8 Å². The Morgan fingerprint density at radius 2 is 1.74 bits per heavy atom. The summed E-state index contributed by atoms with van der Waals surface area (Å²) in [6.45, 7) is 4.75. The van der Waals surface area contributed by atoms with Crippen molar-refractivity contribution >= 4 is 17.7 Å². The molecule has 2 rings (SSSR count). The van der Waals surface area contributed by atoms with Crippen LogP contribution < -0.4 is 19.5 Å². The Kier molecular flexibility index (Phi) is 7.26. The number of hydrogen-bond donors (Lipinski definition) is 1. The zero-order chi connectivity index (χ0) is 19.6. The van der Waals surface area contributed by atoms with E-state index in [-0.39, 0.29) is 5.57 Å². The fourth-order valence-electron chi connectivity index (χ4n) is 2.35. The Labute approximate surface area is 159 Å². The number of rotatable bonds is 8. The standard InChI is InChI=1S/C21H22N2O4/c1-4-26-19-9-6-15(20(13-19)27-5-2)12-16(14-22)21(24)23-17-7-10-18(25-3)11-8-17/h6-13H,4-5H2,1-3H3,(H,23,24)/b16-12-. The fraction of sp³-hybridized carbons (Fsp3) is 0.238. The zero-order valence-corrected chi connectivity index (χ0v) is 15.6. The van der Waals surface area contributed by atoms with Gasteiger partial charge in [-0.05, 0) is 56.3 Å². The number of nitrogens with zero attached hydrogens (tertiary/aromatic N) is 1. The van der Waals surface area contributed by atoms with Gasteiger partial charge in [-0.1, -0.05) is 0 Å². The van der Waals surface area contributed by atoms with Crippen LogP contribution in [0.5, 0.6) is 17.2 Å². The number of amides is 1. The van der Waals surface area contributed by atoms with Crippen molar-refractivity contribution in [3.05, 3.63) is 53.6 Å². The van der Waals surface area contributed by atoms with Crippen LogP contribution in [-0.2, 0) is 4.79 Å². The Hall–Kier alpha value is -3.46. The number of hydrogen-bond acceptors (Lipinski definition) is 5. The minimum absolute atomic E-state index is 0.0315. The SMILES string of the molecule is CCOc1ccc(/C=C(/C#N)C(=O)Nc2ccc(OC)cc2)c(OCC)c1. The largest absolute Gasteiger partial charge is 0.497 e. The summed E-state index contributed by atoms with van der Waals surface area (Å²) in [5, 5.41) is 12.1. The van der Waals surface area contributed by atoms with E-state index in [0.717, 1.165) is 0 Å². The van der Waals surface area contributed by atoms with E-state index in [0.29, 0.717) is 41.7 Å². The molecule has 0 unspecified atom stereocenters. The van der Waals surface area contributed by atoms with Crippen LogP contribution in [0.15, 0.2) is 48.0 Å². The molecule has 0 fully saturated rings. The lowest BCUT2D eigenvalue weighted by molar-refractivity contribution is -0.112. The number of benzene rings is 2. The molecule has 0 bridgehead atoms. The van der Waals surface area contributed by atoms with Crippen LogP contribution in [-0.4, -0.2) is 26.2 Å². The van der Waals surface area contributed by atoms with Gasteiger partial charge in [-0.15, -0.1) is 0 Å². The molecular weight excluding hydrogens is 344 g/mol. The van der Waals surface area contributed by atoms with Crippen LogP contribution >= 0.6 is 0 Å². The Balaban J connectivity index is 2.25. The second-order valence-electron chi connectivity index (χ2n) is 5.42. The molecule has 0 radical (unpaired) electrons. The third-order valence-electron chi connectivity index (χ3n) is 3.61. The predicted octanol–water partition coefficient (Wildman–Crippen LogP) is 4.04. The number of methoxy groups -OCH3 is 1. The Morgan fingerprint density at radius 3 is 2.33 bits per heavy atom. The molecule has 0 aromatic heterocycles. The highest BCUT2D eigenvalue weighted by atomic mass is 16.5. The second-order valence-corrected chi connectivity index (χ2v) is 5.42. The molecule has 6 nitrogen and oxygen atoms in total. The molecule has 27 heavy (non-hydrogen) atoms. The van der Waals surface area contributed by atoms with E-state index in [4.69, 9.17) is 14.2 Å². The maximum Gasteiger partial charge on any atom is 0.266 e. The van der Waals surface area contributed by atoms with E-state index < -0.39 is 5.91 Å². The number of carbonyl (C=O) groups excluding carboxylic acids is 1. The number of carbonyl (C=O) groups is 1. The molecule has 1 amide bonds. The van der Waals surface area contributed by atoms with Gasteiger partial charge < -0.3 is 19.5 Å². The summed E-state index contributed by atoms with van der Waals surface area (Å²) < 4.78 is 16.2. The van der Waals surface area contributed by atoms with Crippen molar-refractivity contribution in [2.24, 2.45) is 0 Å². The van der Waals surface area contributed by atoms with Gasteiger partial charge in [0.1, 0.15) is 28.9 Å². The molecule has 0 atom stereocenters. The van der Waals surface area contributed by atoms with Crippen LogP contribution in [0.3, 0.4) is 0 Å². The molecule has 140 valence electrons.